The monoisotopic (exact) mass is 309 g/mol. The highest BCUT2D eigenvalue weighted by atomic mass is 35.5. The summed E-state index contributed by atoms with van der Waals surface area (Å²) in [6.07, 6.45) is 0. The molecule has 4 heteroatoms. The van der Waals surface area contributed by atoms with Crippen LogP contribution in [0.3, 0.4) is 0 Å². The second kappa shape index (κ2) is 6.49. The van der Waals surface area contributed by atoms with E-state index in [1.165, 1.54) is 0 Å². The van der Waals surface area contributed by atoms with Crippen LogP contribution < -0.4 is 10.5 Å². The highest BCUT2D eigenvalue weighted by Crippen LogP contribution is 2.29. The molecule has 106 valence electrons. The molecule has 0 aliphatic heterocycles. The molecule has 0 saturated heterocycles. The summed E-state index contributed by atoms with van der Waals surface area (Å²) < 4.78 is 5.88. The predicted octanol–water partition coefficient (Wildman–Crippen LogP) is 4.90. The summed E-state index contributed by atoms with van der Waals surface area (Å²) in [6.45, 7) is 4.32. The van der Waals surface area contributed by atoms with Crippen molar-refractivity contribution in [2.75, 3.05) is 0 Å². The van der Waals surface area contributed by atoms with Gasteiger partial charge in [0.15, 0.2) is 0 Å². The first kappa shape index (κ1) is 15.2. The van der Waals surface area contributed by atoms with Crippen LogP contribution in [0, 0.1) is 6.92 Å². The van der Waals surface area contributed by atoms with Crippen LogP contribution in [0.2, 0.25) is 10.0 Å². The number of aryl methyl sites for hydroxylation is 1. The minimum atomic E-state index is -0.0829. The molecule has 2 aromatic carbocycles. The Morgan fingerprint density at radius 1 is 1.20 bits per heavy atom. The first-order valence-corrected chi connectivity index (χ1v) is 7.16. The van der Waals surface area contributed by atoms with E-state index in [-0.39, 0.29) is 6.04 Å². The second-order valence-electron chi connectivity index (χ2n) is 4.83. The fourth-order valence-corrected chi connectivity index (χ4v) is 2.33. The molecular weight excluding hydrogens is 293 g/mol. The van der Waals surface area contributed by atoms with Crippen LogP contribution in [0.5, 0.6) is 5.75 Å². The van der Waals surface area contributed by atoms with Gasteiger partial charge in [0.2, 0.25) is 0 Å². The van der Waals surface area contributed by atoms with Crippen LogP contribution in [-0.2, 0) is 6.61 Å². The van der Waals surface area contributed by atoms with Gasteiger partial charge >= 0.3 is 0 Å². The van der Waals surface area contributed by atoms with E-state index in [1.807, 2.05) is 44.2 Å². The summed E-state index contributed by atoms with van der Waals surface area (Å²) >= 11 is 12.2. The van der Waals surface area contributed by atoms with Crippen molar-refractivity contribution >= 4 is 23.2 Å². The summed E-state index contributed by atoms with van der Waals surface area (Å²) in [7, 11) is 0. The Balaban J connectivity index is 2.22. The van der Waals surface area contributed by atoms with Crippen molar-refractivity contribution in [1.29, 1.82) is 0 Å². The lowest BCUT2D eigenvalue weighted by molar-refractivity contribution is 0.301. The maximum absolute atomic E-state index is 6.16. The Kier molecular flexibility index (Phi) is 4.92. The first-order chi connectivity index (χ1) is 9.49. The number of benzene rings is 2. The zero-order valence-electron chi connectivity index (χ0n) is 11.5. The van der Waals surface area contributed by atoms with Crippen LogP contribution in [0.1, 0.15) is 29.7 Å². The molecule has 0 aromatic heterocycles. The van der Waals surface area contributed by atoms with E-state index < -0.39 is 0 Å². The first-order valence-electron chi connectivity index (χ1n) is 6.41. The quantitative estimate of drug-likeness (QED) is 0.871. The highest BCUT2D eigenvalue weighted by molar-refractivity contribution is 6.42. The van der Waals surface area contributed by atoms with E-state index >= 15 is 0 Å². The van der Waals surface area contributed by atoms with Gasteiger partial charge in [-0.15, -0.1) is 0 Å². The largest absolute Gasteiger partial charge is 0.488 e. The van der Waals surface area contributed by atoms with Crippen molar-refractivity contribution in [3.8, 4) is 5.75 Å². The fraction of sp³-hybridized carbons (Fsp3) is 0.250. The summed E-state index contributed by atoms with van der Waals surface area (Å²) in [4.78, 5) is 0. The van der Waals surface area contributed by atoms with E-state index in [0.717, 1.165) is 22.4 Å². The zero-order chi connectivity index (χ0) is 14.7. The number of nitrogens with two attached hydrogens (primary N) is 1. The lowest BCUT2D eigenvalue weighted by Gasteiger charge is -2.15. The summed E-state index contributed by atoms with van der Waals surface area (Å²) in [5, 5.41) is 1.06. The van der Waals surface area contributed by atoms with Crippen LogP contribution in [-0.4, -0.2) is 0 Å². The smallest absolute Gasteiger partial charge is 0.124 e. The molecule has 1 atom stereocenters. The SMILES string of the molecule is Cc1ccc([C@H](C)N)c(OCc2cccc(Cl)c2Cl)c1. The van der Waals surface area contributed by atoms with Gasteiger partial charge < -0.3 is 10.5 Å². The van der Waals surface area contributed by atoms with Gasteiger partial charge in [0.05, 0.1) is 10.0 Å². The highest BCUT2D eigenvalue weighted by Gasteiger charge is 2.10. The van der Waals surface area contributed by atoms with Crippen LogP contribution in [0.25, 0.3) is 0 Å². The number of rotatable bonds is 4. The summed E-state index contributed by atoms with van der Waals surface area (Å²) in [5.41, 5.74) is 8.92. The maximum atomic E-state index is 6.16. The van der Waals surface area contributed by atoms with Crippen molar-refractivity contribution in [2.24, 2.45) is 5.73 Å². The average molecular weight is 310 g/mol. The average Bonchev–Trinajstić information content (AvgIpc) is 2.40. The van der Waals surface area contributed by atoms with Crippen molar-refractivity contribution < 1.29 is 4.74 Å². The molecular formula is C16H17Cl2NO. The van der Waals surface area contributed by atoms with E-state index in [1.54, 1.807) is 6.07 Å². The Morgan fingerprint density at radius 2 is 1.95 bits per heavy atom. The van der Waals surface area contributed by atoms with Crippen molar-refractivity contribution in [3.63, 3.8) is 0 Å². The molecule has 0 heterocycles. The Labute approximate surface area is 129 Å². The van der Waals surface area contributed by atoms with Gasteiger partial charge in [0.25, 0.3) is 0 Å². The normalized spacial score (nSPS) is 12.2. The van der Waals surface area contributed by atoms with E-state index in [9.17, 15) is 0 Å². The number of ether oxygens (including phenoxy) is 1. The Hall–Kier alpha value is -1.22. The van der Waals surface area contributed by atoms with Gasteiger partial charge in [-0.2, -0.15) is 0 Å². The predicted molar refractivity (Wildman–Crippen MR) is 84.6 cm³/mol. The van der Waals surface area contributed by atoms with Gasteiger partial charge in [-0.3, -0.25) is 0 Å². The molecule has 0 aliphatic carbocycles. The fourth-order valence-electron chi connectivity index (χ4n) is 1.96. The van der Waals surface area contributed by atoms with Crippen LogP contribution >= 0.6 is 23.2 Å². The van der Waals surface area contributed by atoms with Gasteiger partial charge in [-0.25, -0.2) is 0 Å². The van der Waals surface area contributed by atoms with Crippen LogP contribution in [0.15, 0.2) is 36.4 Å². The zero-order valence-corrected chi connectivity index (χ0v) is 13.0. The molecule has 2 nitrogen and oxygen atoms in total. The molecule has 0 spiro atoms. The summed E-state index contributed by atoms with van der Waals surface area (Å²) in [6, 6.07) is 11.4. The van der Waals surface area contributed by atoms with Crippen LogP contribution in [0.4, 0.5) is 0 Å². The van der Waals surface area contributed by atoms with Gasteiger partial charge in [-0.1, -0.05) is 47.5 Å². The molecule has 0 saturated carbocycles. The van der Waals surface area contributed by atoms with Crippen molar-refractivity contribution in [3.05, 3.63) is 63.1 Å². The molecule has 0 amide bonds. The Bertz CT molecular complexity index is 611. The van der Waals surface area contributed by atoms with Crippen molar-refractivity contribution in [1.82, 2.24) is 0 Å². The lowest BCUT2D eigenvalue weighted by Crippen LogP contribution is -2.08. The minimum absolute atomic E-state index is 0.0829. The van der Waals surface area contributed by atoms with Gasteiger partial charge in [0.1, 0.15) is 12.4 Å². The molecule has 0 bridgehead atoms. The lowest BCUT2D eigenvalue weighted by atomic mass is 10.1. The standard InChI is InChI=1S/C16H17Cl2NO/c1-10-6-7-13(11(2)19)15(8-10)20-9-12-4-3-5-14(17)16(12)18/h3-8,11H,9,19H2,1-2H3/t11-/m0/s1. The third kappa shape index (κ3) is 3.45. The Morgan fingerprint density at radius 3 is 2.65 bits per heavy atom. The second-order valence-corrected chi connectivity index (χ2v) is 5.62. The third-order valence-electron chi connectivity index (χ3n) is 3.07. The molecule has 0 aliphatic rings. The van der Waals surface area contributed by atoms with E-state index in [2.05, 4.69) is 0 Å². The maximum Gasteiger partial charge on any atom is 0.124 e. The topological polar surface area (TPSA) is 35.2 Å². The molecule has 2 rings (SSSR count). The minimum Gasteiger partial charge on any atom is -0.488 e. The molecule has 0 radical (unpaired) electrons. The van der Waals surface area contributed by atoms with Gasteiger partial charge in [-0.05, 0) is 31.5 Å². The third-order valence-corrected chi connectivity index (χ3v) is 3.93. The molecule has 0 unspecified atom stereocenters. The number of hydrogen-bond acceptors (Lipinski definition) is 2. The molecule has 0 fully saturated rings. The van der Waals surface area contributed by atoms with Crippen molar-refractivity contribution in [2.45, 2.75) is 26.5 Å². The van der Waals surface area contributed by atoms with Gasteiger partial charge in [0, 0.05) is 17.2 Å². The number of hydrogen-bond donors (Lipinski definition) is 1. The molecule has 2 aromatic rings. The number of halogens is 2. The molecule has 2 N–H and O–H groups in total. The van der Waals surface area contributed by atoms with E-state index in [4.69, 9.17) is 33.7 Å². The van der Waals surface area contributed by atoms with E-state index in [0.29, 0.717) is 16.7 Å². The summed E-state index contributed by atoms with van der Waals surface area (Å²) in [5.74, 6) is 0.788. The molecule has 20 heavy (non-hydrogen) atoms.